The predicted octanol–water partition coefficient (Wildman–Crippen LogP) is 1.02. The van der Waals surface area contributed by atoms with Crippen molar-refractivity contribution in [2.24, 2.45) is 0 Å². The molecule has 1 fully saturated rings. The van der Waals surface area contributed by atoms with Gasteiger partial charge >= 0.3 is 5.97 Å². The summed E-state index contributed by atoms with van der Waals surface area (Å²) in [4.78, 5) is 27.1. The number of aromatic amines is 1. The molecule has 1 aliphatic heterocycles. The molecule has 0 spiro atoms. The van der Waals surface area contributed by atoms with Crippen molar-refractivity contribution in [3.05, 3.63) is 36.0 Å². The van der Waals surface area contributed by atoms with Crippen LogP contribution in [0.2, 0.25) is 0 Å². The van der Waals surface area contributed by atoms with E-state index in [2.05, 4.69) is 10.3 Å². The van der Waals surface area contributed by atoms with Crippen molar-refractivity contribution < 1.29 is 22.7 Å². The van der Waals surface area contributed by atoms with Crippen molar-refractivity contribution in [1.82, 2.24) is 10.3 Å². The van der Waals surface area contributed by atoms with E-state index in [0.717, 1.165) is 10.9 Å². The lowest BCUT2D eigenvalue weighted by atomic mass is 10.2. The lowest BCUT2D eigenvalue weighted by molar-refractivity contribution is -0.129. The monoisotopic (exact) mass is 350 g/mol. The second kappa shape index (κ2) is 6.27. The summed E-state index contributed by atoms with van der Waals surface area (Å²) >= 11 is 0. The van der Waals surface area contributed by atoms with E-state index < -0.39 is 33.9 Å². The van der Waals surface area contributed by atoms with Gasteiger partial charge in [-0.15, -0.1) is 0 Å². The Morgan fingerprint density at radius 3 is 2.75 bits per heavy atom. The number of H-pyrrole nitrogens is 1. The number of hydrogen-bond acceptors (Lipinski definition) is 5. The highest BCUT2D eigenvalue weighted by molar-refractivity contribution is 7.91. The number of fused-ring (bicyclic) bond motifs is 1. The van der Waals surface area contributed by atoms with Crippen LogP contribution in [0.3, 0.4) is 0 Å². The first kappa shape index (κ1) is 16.5. The van der Waals surface area contributed by atoms with E-state index in [1.165, 1.54) is 6.92 Å². The number of benzene rings is 1. The molecule has 1 aromatic carbocycles. The van der Waals surface area contributed by atoms with Gasteiger partial charge in [-0.1, -0.05) is 18.2 Å². The van der Waals surface area contributed by atoms with Crippen molar-refractivity contribution in [1.29, 1.82) is 0 Å². The van der Waals surface area contributed by atoms with Gasteiger partial charge in [0.1, 0.15) is 5.69 Å². The molecular formula is C16H18N2O5S. The lowest BCUT2D eigenvalue weighted by Gasteiger charge is -2.16. The fourth-order valence-corrected chi connectivity index (χ4v) is 4.36. The number of carbonyl (C=O) groups is 2. The van der Waals surface area contributed by atoms with Gasteiger partial charge in [-0.3, -0.25) is 4.79 Å². The molecule has 1 aromatic heterocycles. The van der Waals surface area contributed by atoms with Crippen LogP contribution in [0, 0.1) is 0 Å². The molecule has 2 aromatic rings. The van der Waals surface area contributed by atoms with Gasteiger partial charge in [0.15, 0.2) is 15.9 Å². The number of esters is 1. The summed E-state index contributed by atoms with van der Waals surface area (Å²) in [5.74, 6) is -1.13. The maximum Gasteiger partial charge on any atom is 0.355 e. The summed E-state index contributed by atoms with van der Waals surface area (Å²) < 4.78 is 28.0. The van der Waals surface area contributed by atoms with Crippen LogP contribution in [0.15, 0.2) is 30.3 Å². The van der Waals surface area contributed by atoms with Crippen LogP contribution in [0.5, 0.6) is 0 Å². The largest absolute Gasteiger partial charge is 0.448 e. The molecule has 1 aliphatic rings. The number of hydrogen-bond donors (Lipinski definition) is 2. The Kier molecular flexibility index (Phi) is 4.31. The zero-order valence-corrected chi connectivity index (χ0v) is 13.9. The Labute approximate surface area is 139 Å². The maximum atomic E-state index is 12.1. The Bertz CT molecular complexity index is 854. The Hall–Kier alpha value is -2.35. The van der Waals surface area contributed by atoms with Crippen molar-refractivity contribution in [2.75, 3.05) is 11.5 Å². The molecule has 2 N–H and O–H groups in total. The molecule has 24 heavy (non-hydrogen) atoms. The topological polar surface area (TPSA) is 105 Å². The van der Waals surface area contributed by atoms with Crippen LogP contribution >= 0.6 is 0 Å². The molecule has 2 heterocycles. The van der Waals surface area contributed by atoms with Crippen molar-refractivity contribution in [3.8, 4) is 0 Å². The maximum absolute atomic E-state index is 12.1. The van der Waals surface area contributed by atoms with Crippen LogP contribution in [0.4, 0.5) is 0 Å². The molecule has 2 atom stereocenters. The van der Waals surface area contributed by atoms with E-state index in [-0.39, 0.29) is 17.2 Å². The lowest BCUT2D eigenvalue weighted by Crippen LogP contribution is -2.42. The summed E-state index contributed by atoms with van der Waals surface area (Å²) in [7, 11) is -3.08. The normalized spacial score (nSPS) is 20.6. The van der Waals surface area contributed by atoms with E-state index in [1.54, 1.807) is 6.07 Å². The number of carbonyl (C=O) groups excluding carboxylic acids is 2. The summed E-state index contributed by atoms with van der Waals surface area (Å²) in [5.41, 5.74) is 1.07. The molecule has 0 unspecified atom stereocenters. The van der Waals surface area contributed by atoms with Gasteiger partial charge in [0, 0.05) is 16.9 Å². The van der Waals surface area contributed by atoms with Crippen LogP contribution in [-0.2, 0) is 19.4 Å². The third-order valence-corrected chi connectivity index (χ3v) is 5.75. The first-order chi connectivity index (χ1) is 11.3. The smallest absolute Gasteiger partial charge is 0.355 e. The number of nitrogens with one attached hydrogen (secondary N) is 2. The first-order valence-corrected chi connectivity index (χ1v) is 9.46. The average molecular weight is 350 g/mol. The molecule has 7 nitrogen and oxygen atoms in total. The zero-order chi connectivity index (χ0) is 17.3. The zero-order valence-electron chi connectivity index (χ0n) is 13.1. The van der Waals surface area contributed by atoms with Crippen LogP contribution in [0.25, 0.3) is 10.9 Å². The van der Waals surface area contributed by atoms with Crippen LogP contribution in [0.1, 0.15) is 23.8 Å². The predicted molar refractivity (Wildman–Crippen MR) is 88.4 cm³/mol. The summed E-state index contributed by atoms with van der Waals surface area (Å²) in [6.07, 6.45) is -0.622. The van der Waals surface area contributed by atoms with E-state index in [9.17, 15) is 18.0 Å². The Morgan fingerprint density at radius 1 is 1.33 bits per heavy atom. The van der Waals surface area contributed by atoms with E-state index in [1.807, 2.05) is 24.3 Å². The van der Waals surface area contributed by atoms with Crippen LogP contribution in [-0.4, -0.2) is 48.9 Å². The van der Waals surface area contributed by atoms with Gasteiger partial charge in [-0.2, -0.15) is 0 Å². The van der Waals surface area contributed by atoms with Gasteiger partial charge in [0.2, 0.25) is 0 Å². The molecule has 1 saturated heterocycles. The molecule has 0 radical (unpaired) electrons. The molecule has 3 rings (SSSR count). The minimum atomic E-state index is -3.08. The highest BCUT2D eigenvalue weighted by Gasteiger charge is 2.30. The molecule has 0 saturated carbocycles. The first-order valence-electron chi connectivity index (χ1n) is 7.63. The van der Waals surface area contributed by atoms with E-state index >= 15 is 0 Å². The van der Waals surface area contributed by atoms with Gasteiger partial charge in [0.05, 0.1) is 11.5 Å². The second-order valence-corrected chi connectivity index (χ2v) is 8.16. The third-order valence-electron chi connectivity index (χ3n) is 3.98. The van der Waals surface area contributed by atoms with Gasteiger partial charge in [-0.25, -0.2) is 13.2 Å². The van der Waals surface area contributed by atoms with E-state index in [4.69, 9.17) is 4.74 Å². The van der Waals surface area contributed by atoms with Gasteiger partial charge in [-0.05, 0) is 25.5 Å². The van der Waals surface area contributed by atoms with Crippen LogP contribution < -0.4 is 5.32 Å². The van der Waals surface area contributed by atoms with Crippen molar-refractivity contribution >= 4 is 32.6 Å². The minimum Gasteiger partial charge on any atom is -0.448 e. The van der Waals surface area contributed by atoms with Crippen molar-refractivity contribution in [2.45, 2.75) is 25.5 Å². The molecular weight excluding hydrogens is 332 g/mol. The van der Waals surface area contributed by atoms with Crippen molar-refractivity contribution in [3.63, 3.8) is 0 Å². The number of ether oxygens (including phenoxy) is 1. The minimum absolute atomic E-state index is 0.0680. The fraction of sp³-hybridized carbons (Fsp3) is 0.375. The molecule has 8 heteroatoms. The van der Waals surface area contributed by atoms with Gasteiger partial charge in [0.25, 0.3) is 5.91 Å². The standard InChI is InChI=1S/C16H18N2O5S/c1-10(15(19)17-12-6-7-24(21,22)9-12)23-16(20)14-8-11-4-2-3-5-13(11)18-14/h2-5,8,10,12,18H,6-7,9H2,1H3,(H,17,19)/t10-,12-/m1/s1. The fourth-order valence-electron chi connectivity index (χ4n) is 2.69. The highest BCUT2D eigenvalue weighted by atomic mass is 32.2. The number of amides is 1. The van der Waals surface area contributed by atoms with E-state index in [0.29, 0.717) is 6.42 Å². The number of sulfone groups is 1. The number of para-hydroxylation sites is 1. The number of rotatable bonds is 4. The Morgan fingerprint density at radius 2 is 2.08 bits per heavy atom. The molecule has 0 bridgehead atoms. The Balaban J connectivity index is 1.60. The summed E-state index contributed by atoms with van der Waals surface area (Å²) in [6.45, 7) is 1.46. The number of aromatic nitrogens is 1. The average Bonchev–Trinajstić information content (AvgIpc) is 3.10. The SMILES string of the molecule is C[C@@H](OC(=O)c1cc2ccccc2[nH]1)C(=O)N[C@@H]1CCS(=O)(=O)C1. The molecule has 0 aliphatic carbocycles. The second-order valence-electron chi connectivity index (χ2n) is 5.93. The van der Waals surface area contributed by atoms with Gasteiger partial charge < -0.3 is 15.0 Å². The molecule has 128 valence electrons. The highest BCUT2D eigenvalue weighted by Crippen LogP contribution is 2.16. The quantitative estimate of drug-likeness (QED) is 0.801. The summed E-state index contributed by atoms with van der Waals surface area (Å²) in [6, 6.07) is 8.64. The third kappa shape index (κ3) is 3.59. The summed E-state index contributed by atoms with van der Waals surface area (Å²) in [5, 5.41) is 3.49. The molecule has 1 amide bonds.